The Bertz CT molecular complexity index is 789. The van der Waals surface area contributed by atoms with E-state index >= 15 is 0 Å². The molecule has 1 heterocycles. The normalized spacial score (nSPS) is 11.2. The molecule has 0 aliphatic heterocycles. The van der Waals surface area contributed by atoms with Crippen molar-refractivity contribution in [2.75, 3.05) is 12.3 Å². The molecule has 1 aromatic carbocycles. The van der Waals surface area contributed by atoms with Gasteiger partial charge in [-0.3, -0.25) is 14.2 Å². The molecule has 0 spiro atoms. The average molecular weight is 368 g/mol. The molecule has 7 heteroatoms. The van der Waals surface area contributed by atoms with Crippen LogP contribution >= 0.6 is 23.4 Å². The molecule has 0 atom stereocenters. The van der Waals surface area contributed by atoms with E-state index in [9.17, 15) is 9.59 Å². The second kappa shape index (κ2) is 8.53. The summed E-state index contributed by atoms with van der Waals surface area (Å²) in [7, 11) is 0. The van der Waals surface area contributed by atoms with Gasteiger partial charge < -0.3 is 5.32 Å². The Labute approximate surface area is 150 Å². The monoisotopic (exact) mass is 367 g/mol. The molecule has 0 aliphatic rings. The van der Waals surface area contributed by atoms with Gasteiger partial charge in [0.1, 0.15) is 0 Å². The van der Waals surface area contributed by atoms with Crippen LogP contribution in [0.15, 0.2) is 28.2 Å². The predicted molar refractivity (Wildman–Crippen MR) is 99.9 cm³/mol. The Hall–Kier alpha value is -1.53. The summed E-state index contributed by atoms with van der Waals surface area (Å²) in [5.74, 6) is 0.474. The van der Waals surface area contributed by atoms with Gasteiger partial charge >= 0.3 is 0 Å². The molecule has 1 amide bonds. The van der Waals surface area contributed by atoms with Crippen LogP contribution in [0.25, 0.3) is 10.9 Å². The van der Waals surface area contributed by atoms with E-state index in [2.05, 4.69) is 10.3 Å². The highest BCUT2D eigenvalue weighted by Crippen LogP contribution is 2.21. The van der Waals surface area contributed by atoms with Gasteiger partial charge in [0.2, 0.25) is 5.91 Å². The van der Waals surface area contributed by atoms with Crippen LogP contribution in [0.2, 0.25) is 5.02 Å². The number of amides is 1. The van der Waals surface area contributed by atoms with E-state index in [1.807, 2.05) is 20.8 Å². The molecule has 0 fully saturated rings. The molecule has 2 aromatic rings. The van der Waals surface area contributed by atoms with Gasteiger partial charge in [-0.15, -0.1) is 0 Å². The zero-order chi connectivity index (χ0) is 17.7. The summed E-state index contributed by atoms with van der Waals surface area (Å²) in [5, 5.41) is 4.41. The fraction of sp³-hybridized carbons (Fsp3) is 0.471. The van der Waals surface area contributed by atoms with Gasteiger partial charge in [-0.2, -0.15) is 0 Å². The number of carbonyl (C=O) groups is 1. The third-order valence-electron chi connectivity index (χ3n) is 3.33. The first-order chi connectivity index (χ1) is 11.4. The molecule has 0 bridgehead atoms. The Morgan fingerprint density at radius 2 is 2.17 bits per heavy atom. The fourth-order valence-corrected chi connectivity index (χ4v) is 3.27. The van der Waals surface area contributed by atoms with E-state index in [1.54, 1.807) is 22.8 Å². The van der Waals surface area contributed by atoms with Gasteiger partial charge in [0.05, 0.1) is 16.7 Å². The topological polar surface area (TPSA) is 64.0 Å². The number of nitrogens with zero attached hydrogens (tertiary/aromatic N) is 2. The number of hydrogen-bond acceptors (Lipinski definition) is 4. The molecule has 0 unspecified atom stereocenters. The largest absolute Gasteiger partial charge is 0.355 e. The molecule has 130 valence electrons. The van der Waals surface area contributed by atoms with E-state index in [0.717, 1.165) is 6.42 Å². The molecular weight excluding hydrogens is 346 g/mol. The Morgan fingerprint density at radius 1 is 1.42 bits per heavy atom. The number of rotatable bonds is 7. The van der Waals surface area contributed by atoms with Crippen molar-refractivity contribution in [3.63, 3.8) is 0 Å². The third kappa shape index (κ3) is 4.74. The van der Waals surface area contributed by atoms with E-state index < -0.39 is 0 Å². The predicted octanol–water partition coefficient (Wildman–Crippen LogP) is 3.32. The summed E-state index contributed by atoms with van der Waals surface area (Å²) in [6.45, 7) is 7.28. The Morgan fingerprint density at radius 3 is 2.83 bits per heavy atom. The maximum atomic E-state index is 12.8. The highest BCUT2D eigenvalue weighted by molar-refractivity contribution is 7.99. The lowest BCUT2D eigenvalue weighted by molar-refractivity contribution is -0.118. The lowest BCUT2D eigenvalue weighted by Crippen LogP contribution is -2.28. The standard InChI is InChI=1S/C17H22ClN3O2S/c1-4-7-19-15(22)10-24-17-20-14-6-5-12(18)8-13(14)16(23)21(17)9-11(2)3/h5-6,8,11H,4,7,9-10H2,1-3H3,(H,19,22). The lowest BCUT2D eigenvalue weighted by Gasteiger charge is -2.15. The number of thioether (sulfide) groups is 1. The van der Waals surface area contributed by atoms with E-state index in [4.69, 9.17) is 11.6 Å². The van der Waals surface area contributed by atoms with E-state index in [1.165, 1.54) is 11.8 Å². The van der Waals surface area contributed by atoms with Crippen molar-refractivity contribution in [3.05, 3.63) is 33.6 Å². The SMILES string of the molecule is CCCNC(=O)CSc1nc2ccc(Cl)cc2c(=O)n1CC(C)C. The van der Waals surface area contributed by atoms with Crippen molar-refractivity contribution in [1.29, 1.82) is 0 Å². The van der Waals surface area contributed by atoms with Crippen molar-refractivity contribution in [2.24, 2.45) is 5.92 Å². The molecule has 1 N–H and O–H groups in total. The molecule has 0 saturated carbocycles. The first kappa shape index (κ1) is 18.8. The number of nitrogens with one attached hydrogen (secondary N) is 1. The number of halogens is 1. The van der Waals surface area contributed by atoms with Gasteiger partial charge in [-0.05, 0) is 30.5 Å². The van der Waals surface area contributed by atoms with E-state index in [0.29, 0.717) is 34.2 Å². The minimum atomic E-state index is -0.118. The number of aromatic nitrogens is 2. The van der Waals surface area contributed by atoms with Crippen LogP contribution < -0.4 is 10.9 Å². The van der Waals surface area contributed by atoms with Gasteiger partial charge in [0.15, 0.2) is 5.16 Å². The molecular formula is C17H22ClN3O2S. The van der Waals surface area contributed by atoms with E-state index in [-0.39, 0.29) is 23.1 Å². The molecule has 0 radical (unpaired) electrons. The van der Waals surface area contributed by atoms with Gasteiger partial charge in [-0.25, -0.2) is 4.98 Å². The molecule has 1 aromatic heterocycles. The van der Waals surface area contributed by atoms with Crippen LogP contribution in [0.5, 0.6) is 0 Å². The zero-order valence-electron chi connectivity index (χ0n) is 14.1. The maximum absolute atomic E-state index is 12.8. The zero-order valence-corrected chi connectivity index (χ0v) is 15.7. The lowest BCUT2D eigenvalue weighted by atomic mass is 10.2. The first-order valence-corrected chi connectivity index (χ1v) is 9.38. The summed E-state index contributed by atoms with van der Waals surface area (Å²) in [4.78, 5) is 29.2. The number of carbonyl (C=O) groups excluding carboxylic acids is 1. The Balaban J connectivity index is 2.37. The minimum absolute atomic E-state index is 0.0524. The van der Waals surface area contributed by atoms with Crippen molar-refractivity contribution in [2.45, 2.75) is 38.9 Å². The molecule has 0 saturated heterocycles. The Kier molecular flexibility index (Phi) is 6.69. The van der Waals surface area contributed by atoms with Crippen molar-refractivity contribution in [1.82, 2.24) is 14.9 Å². The number of benzene rings is 1. The second-order valence-corrected chi connectivity index (χ2v) is 7.38. The molecule has 5 nitrogen and oxygen atoms in total. The average Bonchev–Trinajstić information content (AvgIpc) is 2.54. The van der Waals surface area contributed by atoms with Gasteiger partial charge in [0.25, 0.3) is 5.56 Å². The summed E-state index contributed by atoms with van der Waals surface area (Å²) in [5.41, 5.74) is 0.480. The first-order valence-electron chi connectivity index (χ1n) is 8.02. The number of fused-ring (bicyclic) bond motifs is 1. The summed E-state index contributed by atoms with van der Waals surface area (Å²) in [6, 6.07) is 5.09. The van der Waals surface area contributed by atoms with Crippen LogP contribution in [0.4, 0.5) is 0 Å². The number of hydrogen-bond donors (Lipinski definition) is 1. The van der Waals surface area contributed by atoms with Crippen molar-refractivity contribution >= 4 is 40.2 Å². The molecule has 0 aliphatic carbocycles. The van der Waals surface area contributed by atoms with Gasteiger partial charge in [-0.1, -0.05) is 44.1 Å². The van der Waals surface area contributed by atoms with Crippen LogP contribution in [0, 0.1) is 5.92 Å². The van der Waals surface area contributed by atoms with Crippen molar-refractivity contribution in [3.8, 4) is 0 Å². The molecule has 2 rings (SSSR count). The van der Waals surface area contributed by atoms with Crippen LogP contribution in [-0.2, 0) is 11.3 Å². The summed E-state index contributed by atoms with van der Waals surface area (Å²) >= 11 is 7.29. The van der Waals surface area contributed by atoms with Crippen LogP contribution in [0.3, 0.4) is 0 Å². The molecule has 24 heavy (non-hydrogen) atoms. The smallest absolute Gasteiger partial charge is 0.262 e. The maximum Gasteiger partial charge on any atom is 0.262 e. The fourth-order valence-electron chi connectivity index (χ4n) is 2.25. The third-order valence-corrected chi connectivity index (χ3v) is 4.54. The minimum Gasteiger partial charge on any atom is -0.355 e. The van der Waals surface area contributed by atoms with Crippen LogP contribution in [0.1, 0.15) is 27.2 Å². The van der Waals surface area contributed by atoms with Gasteiger partial charge in [0, 0.05) is 18.1 Å². The highest BCUT2D eigenvalue weighted by atomic mass is 35.5. The summed E-state index contributed by atoms with van der Waals surface area (Å²) < 4.78 is 1.64. The van der Waals surface area contributed by atoms with Crippen LogP contribution in [-0.4, -0.2) is 27.8 Å². The second-order valence-electron chi connectivity index (χ2n) is 6.00. The quantitative estimate of drug-likeness (QED) is 0.602. The van der Waals surface area contributed by atoms with Crippen molar-refractivity contribution < 1.29 is 4.79 Å². The highest BCUT2D eigenvalue weighted by Gasteiger charge is 2.14. The summed E-state index contributed by atoms with van der Waals surface area (Å²) in [6.07, 6.45) is 0.892.